The topological polar surface area (TPSA) is 90.7 Å². The third-order valence-corrected chi connectivity index (χ3v) is 5.52. The molecule has 8 nitrogen and oxygen atoms in total. The molecule has 3 aliphatic rings. The van der Waals surface area contributed by atoms with Crippen molar-refractivity contribution in [3.05, 3.63) is 23.8 Å². The third-order valence-electron chi connectivity index (χ3n) is 5.52. The lowest BCUT2D eigenvalue weighted by Crippen LogP contribution is -2.50. The number of hydrogen-bond donors (Lipinski definition) is 2. The smallest absolute Gasteiger partial charge is 0.329 e. The highest BCUT2D eigenvalue weighted by Crippen LogP contribution is 2.29. The van der Waals surface area contributed by atoms with E-state index in [0.29, 0.717) is 30.0 Å². The van der Waals surface area contributed by atoms with Gasteiger partial charge in [-0.3, -0.25) is 19.9 Å². The molecule has 3 amide bonds. The normalized spacial score (nSPS) is 26.5. The molecule has 8 heteroatoms. The summed E-state index contributed by atoms with van der Waals surface area (Å²) >= 11 is 0. The van der Waals surface area contributed by atoms with E-state index in [0.717, 1.165) is 25.0 Å². The first-order valence-electron chi connectivity index (χ1n) is 9.14. The number of hydrogen-bond acceptors (Lipinski definition) is 6. The first-order chi connectivity index (χ1) is 12.7. The molecular formula is C18H21N5O3. The number of rotatable bonds is 3. The molecule has 1 aromatic heterocycles. The Hall–Kier alpha value is -2.45. The number of carbonyl (C=O) groups is 2. The molecule has 0 radical (unpaired) electrons. The van der Waals surface area contributed by atoms with Crippen molar-refractivity contribution < 1.29 is 14.1 Å². The number of benzene rings is 1. The number of aromatic nitrogens is 1. The maximum Gasteiger partial charge on any atom is 0.329 e. The van der Waals surface area contributed by atoms with E-state index in [9.17, 15) is 9.59 Å². The van der Waals surface area contributed by atoms with E-state index >= 15 is 0 Å². The maximum atomic E-state index is 12.1. The highest BCUT2D eigenvalue weighted by molar-refractivity contribution is 6.08. The van der Waals surface area contributed by atoms with Gasteiger partial charge in [0, 0.05) is 44.7 Å². The standard InChI is InChI=1S/C18H21N5O3/c24-16-5-6-23(18(25)20-16)17-14-7-11(1-4-15(14)26-21-17)8-22-9-12-2-3-13(10-22)19-12/h1,4,7,12-13,19H,2-3,5-6,8-10H2,(H,20,24,25)/t12-,13+. The Labute approximate surface area is 150 Å². The highest BCUT2D eigenvalue weighted by atomic mass is 16.5. The number of piperazine rings is 1. The Morgan fingerprint density at radius 3 is 2.77 bits per heavy atom. The largest absolute Gasteiger partial charge is 0.354 e. The van der Waals surface area contributed by atoms with E-state index in [2.05, 4.69) is 32.8 Å². The van der Waals surface area contributed by atoms with Gasteiger partial charge in [-0.15, -0.1) is 0 Å². The fourth-order valence-corrected chi connectivity index (χ4v) is 4.31. The van der Waals surface area contributed by atoms with E-state index < -0.39 is 6.03 Å². The van der Waals surface area contributed by atoms with Crippen LogP contribution in [0, 0.1) is 0 Å². The van der Waals surface area contributed by atoms with Crippen molar-refractivity contribution in [3.8, 4) is 0 Å². The summed E-state index contributed by atoms with van der Waals surface area (Å²) in [7, 11) is 0. The molecule has 0 saturated carbocycles. The number of nitrogens with one attached hydrogen (secondary N) is 2. The van der Waals surface area contributed by atoms with Crippen LogP contribution in [-0.4, -0.2) is 53.7 Å². The summed E-state index contributed by atoms with van der Waals surface area (Å²) < 4.78 is 5.39. The molecule has 0 spiro atoms. The van der Waals surface area contributed by atoms with Gasteiger partial charge in [-0.25, -0.2) is 4.79 Å². The molecule has 2 bridgehead atoms. The summed E-state index contributed by atoms with van der Waals surface area (Å²) in [6.45, 7) is 3.33. The number of fused-ring (bicyclic) bond motifs is 3. The van der Waals surface area contributed by atoms with Crippen molar-refractivity contribution in [2.24, 2.45) is 0 Å². The van der Waals surface area contributed by atoms with Crippen LogP contribution in [0.5, 0.6) is 0 Å². The maximum absolute atomic E-state index is 12.1. The van der Waals surface area contributed by atoms with E-state index in [1.807, 2.05) is 6.07 Å². The number of likely N-dealkylation sites (tertiary alicyclic amines) is 1. The molecule has 4 heterocycles. The van der Waals surface area contributed by atoms with E-state index in [1.165, 1.54) is 23.3 Å². The molecule has 3 saturated heterocycles. The first kappa shape index (κ1) is 15.8. The van der Waals surface area contributed by atoms with Gasteiger partial charge in [-0.05, 0) is 30.5 Å². The second-order valence-corrected chi connectivity index (χ2v) is 7.42. The quantitative estimate of drug-likeness (QED) is 0.860. The zero-order valence-corrected chi connectivity index (χ0v) is 14.4. The van der Waals surface area contributed by atoms with E-state index in [4.69, 9.17) is 4.52 Å². The molecular weight excluding hydrogens is 334 g/mol. The summed E-state index contributed by atoms with van der Waals surface area (Å²) in [4.78, 5) is 27.5. The molecule has 0 unspecified atom stereocenters. The van der Waals surface area contributed by atoms with Crippen molar-refractivity contribution in [2.45, 2.75) is 37.9 Å². The van der Waals surface area contributed by atoms with Gasteiger partial charge in [0.15, 0.2) is 11.4 Å². The molecule has 3 fully saturated rings. The fraction of sp³-hybridized carbons (Fsp3) is 0.500. The molecule has 2 aromatic rings. The average Bonchev–Trinajstić information content (AvgIpc) is 3.18. The predicted molar refractivity (Wildman–Crippen MR) is 94.7 cm³/mol. The Kier molecular flexibility index (Phi) is 3.68. The van der Waals surface area contributed by atoms with Crippen LogP contribution in [0.25, 0.3) is 11.0 Å². The molecule has 3 aliphatic heterocycles. The summed E-state index contributed by atoms with van der Waals surface area (Å²) in [5.41, 5.74) is 1.82. The van der Waals surface area contributed by atoms with Gasteiger partial charge in [0.2, 0.25) is 5.91 Å². The minimum absolute atomic E-state index is 0.256. The van der Waals surface area contributed by atoms with Gasteiger partial charge in [0.25, 0.3) is 0 Å². The minimum Gasteiger partial charge on any atom is -0.354 e. The Bertz CT molecular complexity index is 867. The van der Waals surface area contributed by atoms with Crippen LogP contribution >= 0.6 is 0 Å². The summed E-state index contributed by atoms with van der Waals surface area (Å²) in [5, 5.41) is 10.9. The number of imide groups is 1. The van der Waals surface area contributed by atoms with Crippen LogP contribution in [0.2, 0.25) is 0 Å². The fourth-order valence-electron chi connectivity index (χ4n) is 4.31. The van der Waals surface area contributed by atoms with E-state index in [-0.39, 0.29) is 12.3 Å². The Morgan fingerprint density at radius 1 is 1.19 bits per heavy atom. The SMILES string of the molecule is O=C1CCN(c2noc3ccc(CN4C[C@H]5CC[C@@H](C4)N5)cc23)C(=O)N1. The Morgan fingerprint density at radius 2 is 2.00 bits per heavy atom. The van der Waals surface area contributed by atoms with E-state index in [1.54, 1.807) is 0 Å². The number of carbonyl (C=O) groups excluding carboxylic acids is 2. The number of anilines is 1. The monoisotopic (exact) mass is 355 g/mol. The second kappa shape index (κ2) is 6.07. The first-order valence-corrected chi connectivity index (χ1v) is 9.14. The van der Waals surface area contributed by atoms with Crippen molar-refractivity contribution in [1.82, 2.24) is 20.7 Å². The van der Waals surface area contributed by atoms with Crippen molar-refractivity contribution in [1.29, 1.82) is 0 Å². The molecule has 0 aliphatic carbocycles. The lowest BCUT2D eigenvalue weighted by atomic mass is 10.1. The molecule has 5 rings (SSSR count). The molecule has 26 heavy (non-hydrogen) atoms. The van der Waals surface area contributed by atoms with Gasteiger partial charge >= 0.3 is 6.03 Å². The predicted octanol–water partition coefficient (Wildman–Crippen LogP) is 1.21. The summed E-state index contributed by atoms with van der Waals surface area (Å²) in [6.07, 6.45) is 2.79. The van der Waals surface area contributed by atoms with Gasteiger partial charge in [-0.2, -0.15) is 0 Å². The molecule has 2 N–H and O–H groups in total. The zero-order valence-electron chi connectivity index (χ0n) is 14.4. The number of nitrogens with zero attached hydrogens (tertiary/aromatic N) is 3. The van der Waals surface area contributed by atoms with Gasteiger partial charge in [0.1, 0.15) is 0 Å². The highest BCUT2D eigenvalue weighted by Gasteiger charge is 2.32. The van der Waals surface area contributed by atoms with Crippen LogP contribution in [0.1, 0.15) is 24.8 Å². The van der Waals surface area contributed by atoms with Gasteiger partial charge < -0.3 is 9.84 Å². The lowest BCUT2D eigenvalue weighted by Gasteiger charge is -2.32. The molecule has 2 atom stereocenters. The molecule has 136 valence electrons. The number of urea groups is 1. The van der Waals surface area contributed by atoms with Crippen molar-refractivity contribution in [3.63, 3.8) is 0 Å². The summed E-state index contributed by atoms with van der Waals surface area (Å²) in [6, 6.07) is 6.79. The van der Waals surface area contributed by atoms with Gasteiger partial charge in [-0.1, -0.05) is 11.2 Å². The lowest BCUT2D eigenvalue weighted by molar-refractivity contribution is -0.120. The van der Waals surface area contributed by atoms with Gasteiger partial charge in [0.05, 0.1) is 5.39 Å². The minimum atomic E-state index is -0.444. The average molecular weight is 355 g/mol. The van der Waals surface area contributed by atoms with Crippen LogP contribution in [-0.2, 0) is 11.3 Å². The molecule has 1 aromatic carbocycles. The van der Waals surface area contributed by atoms with Crippen LogP contribution in [0.15, 0.2) is 22.7 Å². The van der Waals surface area contributed by atoms with Crippen LogP contribution in [0.4, 0.5) is 10.6 Å². The van der Waals surface area contributed by atoms with Crippen LogP contribution in [0.3, 0.4) is 0 Å². The van der Waals surface area contributed by atoms with Crippen LogP contribution < -0.4 is 15.5 Å². The zero-order chi connectivity index (χ0) is 17.7. The third kappa shape index (κ3) is 2.75. The Balaban J connectivity index is 1.40. The number of amides is 3. The summed E-state index contributed by atoms with van der Waals surface area (Å²) in [5.74, 6) is 0.223. The second-order valence-electron chi connectivity index (χ2n) is 7.42. The van der Waals surface area contributed by atoms with Crippen molar-refractivity contribution in [2.75, 3.05) is 24.5 Å². The van der Waals surface area contributed by atoms with Crippen molar-refractivity contribution >= 4 is 28.7 Å².